The molecule has 27 heavy (non-hydrogen) atoms. The third-order valence-electron chi connectivity index (χ3n) is 6.64. The van der Waals surface area contributed by atoms with E-state index in [-0.39, 0.29) is 5.54 Å². The Hall–Kier alpha value is -2.50. The molecule has 1 aromatic heterocycles. The van der Waals surface area contributed by atoms with Gasteiger partial charge in [-0.3, -0.25) is 0 Å². The van der Waals surface area contributed by atoms with E-state index in [2.05, 4.69) is 20.6 Å². The molecule has 4 aliphatic carbocycles. The Morgan fingerprint density at radius 2 is 1.70 bits per heavy atom. The van der Waals surface area contributed by atoms with Crippen LogP contribution in [0.5, 0.6) is 5.75 Å². The van der Waals surface area contributed by atoms with Gasteiger partial charge in [-0.2, -0.15) is 0 Å². The highest BCUT2D eigenvalue weighted by atomic mass is 16.5. The number of ether oxygens (including phenoxy) is 1. The lowest BCUT2D eigenvalue weighted by molar-refractivity contribution is 0.0106. The summed E-state index contributed by atoms with van der Waals surface area (Å²) in [4.78, 5) is 8.83. The molecular weight excluding hydrogens is 338 g/mol. The first-order valence-corrected chi connectivity index (χ1v) is 9.92. The third-order valence-corrected chi connectivity index (χ3v) is 6.64. The minimum absolute atomic E-state index is 0.171. The summed E-state index contributed by atoms with van der Waals surface area (Å²) in [5.41, 5.74) is 8.09. The van der Waals surface area contributed by atoms with Crippen LogP contribution < -0.4 is 21.1 Å². The van der Waals surface area contributed by atoms with Crippen molar-refractivity contribution in [3.63, 3.8) is 0 Å². The first-order valence-electron chi connectivity index (χ1n) is 9.92. The van der Waals surface area contributed by atoms with E-state index in [0.717, 1.165) is 35.0 Å². The number of anilines is 4. The first kappa shape index (κ1) is 16.7. The normalized spacial score (nSPS) is 30.9. The number of methoxy groups -OCH3 is 1. The molecule has 4 saturated carbocycles. The van der Waals surface area contributed by atoms with Crippen molar-refractivity contribution in [2.45, 2.75) is 44.1 Å². The molecule has 0 radical (unpaired) electrons. The van der Waals surface area contributed by atoms with Gasteiger partial charge in [-0.1, -0.05) is 6.07 Å². The van der Waals surface area contributed by atoms with Crippen molar-refractivity contribution < 1.29 is 4.74 Å². The molecule has 1 heterocycles. The third kappa shape index (κ3) is 3.07. The van der Waals surface area contributed by atoms with Crippen LogP contribution in [-0.4, -0.2) is 22.6 Å². The summed E-state index contributed by atoms with van der Waals surface area (Å²) in [7, 11) is 1.66. The van der Waals surface area contributed by atoms with Crippen LogP contribution in [0, 0.1) is 17.8 Å². The molecule has 6 heteroatoms. The highest BCUT2D eigenvalue weighted by Crippen LogP contribution is 2.56. The van der Waals surface area contributed by atoms with Gasteiger partial charge in [-0.25, -0.2) is 9.97 Å². The standard InChI is InChI=1S/C21H27N5O/c1-27-17-4-2-3-16(8-17)25-19-18(22)20(24-12-23-19)26-21-9-13-5-14(10-21)7-15(6-13)11-21/h2-4,8,12-15H,5-7,9-11,22H2,1H3,(H2,23,24,25,26). The van der Waals surface area contributed by atoms with Crippen LogP contribution in [0.2, 0.25) is 0 Å². The molecule has 0 amide bonds. The maximum absolute atomic E-state index is 6.45. The second kappa shape index (κ2) is 6.29. The van der Waals surface area contributed by atoms with E-state index in [1.165, 1.54) is 38.5 Å². The number of nitrogens with one attached hydrogen (secondary N) is 2. The number of rotatable bonds is 5. The topological polar surface area (TPSA) is 85.1 Å². The van der Waals surface area contributed by atoms with Gasteiger partial charge in [0.2, 0.25) is 0 Å². The Morgan fingerprint density at radius 3 is 2.37 bits per heavy atom. The SMILES string of the molecule is COc1cccc(Nc2ncnc(NC34CC5CC(CC(C5)C3)C4)c2N)c1. The van der Waals surface area contributed by atoms with Crippen molar-refractivity contribution in [3.05, 3.63) is 30.6 Å². The fourth-order valence-electron chi connectivity index (χ4n) is 5.95. The second-order valence-corrected chi connectivity index (χ2v) is 8.66. The van der Waals surface area contributed by atoms with Gasteiger partial charge in [0.25, 0.3) is 0 Å². The lowest BCUT2D eigenvalue weighted by Crippen LogP contribution is -2.55. The van der Waals surface area contributed by atoms with Gasteiger partial charge in [0.1, 0.15) is 17.8 Å². The number of benzene rings is 1. The molecule has 142 valence electrons. The van der Waals surface area contributed by atoms with E-state index >= 15 is 0 Å². The summed E-state index contributed by atoms with van der Waals surface area (Å²) in [6.07, 6.45) is 9.60. The quantitative estimate of drug-likeness (QED) is 0.737. The number of hydrogen-bond acceptors (Lipinski definition) is 6. The first-order chi connectivity index (χ1) is 13.1. The molecule has 6 rings (SSSR count). The van der Waals surface area contributed by atoms with E-state index < -0.39 is 0 Å². The van der Waals surface area contributed by atoms with E-state index in [0.29, 0.717) is 11.5 Å². The Morgan fingerprint density at radius 1 is 1.04 bits per heavy atom. The molecule has 6 nitrogen and oxygen atoms in total. The summed E-state index contributed by atoms with van der Waals surface area (Å²) in [6.45, 7) is 0. The minimum Gasteiger partial charge on any atom is -0.497 e. The predicted octanol–water partition coefficient (Wildman–Crippen LogP) is 4.19. The minimum atomic E-state index is 0.171. The summed E-state index contributed by atoms with van der Waals surface area (Å²) in [6, 6.07) is 7.74. The molecule has 1 aromatic carbocycles. The van der Waals surface area contributed by atoms with Crippen LogP contribution in [0.15, 0.2) is 30.6 Å². The van der Waals surface area contributed by atoms with Crippen LogP contribution in [0.25, 0.3) is 0 Å². The average Bonchev–Trinajstić information content (AvgIpc) is 2.64. The van der Waals surface area contributed by atoms with Crippen LogP contribution >= 0.6 is 0 Å². The molecule has 4 N–H and O–H groups in total. The van der Waals surface area contributed by atoms with Crippen LogP contribution in [0.3, 0.4) is 0 Å². The molecule has 0 aliphatic heterocycles. The van der Waals surface area contributed by atoms with Crippen LogP contribution in [0.1, 0.15) is 38.5 Å². The fourth-order valence-corrected chi connectivity index (χ4v) is 5.95. The van der Waals surface area contributed by atoms with Crippen molar-refractivity contribution in [3.8, 4) is 5.75 Å². The van der Waals surface area contributed by atoms with Gasteiger partial charge in [0.15, 0.2) is 11.6 Å². The van der Waals surface area contributed by atoms with Gasteiger partial charge in [-0.05, 0) is 68.4 Å². The number of hydrogen-bond donors (Lipinski definition) is 3. The Bertz CT molecular complexity index is 817. The Balaban J connectivity index is 1.39. The molecule has 2 aromatic rings. The highest BCUT2D eigenvalue weighted by molar-refractivity contribution is 5.78. The van der Waals surface area contributed by atoms with Crippen molar-refractivity contribution in [1.82, 2.24) is 9.97 Å². The van der Waals surface area contributed by atoms with Gasteiger partial charge < -0.3 is 21.1 Å². The van der Waals surface area contributed by atoms with Crippen molar-refractivity contribution in [2.75, 3.05) is 23.5 Å². The number of nitrogens with two attached hydrogens (primary N) is 1. The molecule has 0 unspecified atom stereocenters. The monoisotopic (exact) mass is 365 g/mol. The number of nitrogens with zero attached hydrogens (tertiary/aromatic N) is 2. The smallest absolute Gasteiger partial charge is 0.159 e. The summed E-state index contributed by atoms with van der Waals surface area (Å²) in [5.74, 6) is 4.81. The maximum Gasteiger partial charge on any atom is 0.159 e. The highest BCUT2D eigenvalue weighted by Gasteiger charge is 2.51. The van der Waals surface area contributed by atoms with Crippen LogP contribution in [-0.2, 0) is 0 Å². The van der Waals surface area contributed by atoms with Gasteiger partial charge in [0.05, 0.1) is 7.11 Å². The fraction of sp³-hybridized carbons (Fsp3) is 0.524. The summed E-state index contributed by atoms with van der Waals surface area (Å²) < 4.78 is 5.29. The number of nitrogen functional groups attached to an aromatic ring is 1. The predicted molar refractivity (Wildman–Crippen MR) is 107 cm³/mol. The van der Waals surface area contributed by atoms with E-state index in [9.17, 15) is 0 Å². The lowest BCUT2D eigenvalue weighted by atomic mass is 9.53. The van der Waals surface area contributed by atoms with E-state index in [4.69, 9.17) is 10.5 Å². The molecule has 0 atom stereocenters. The van der Waals surface area contributed by atoms with E-state index in [1.807, 2.05) is 24.3 Å². The van der Waals surface area contributed by atoms with Crippen molar-refractivity contribution >= 4 is 23.0 Å². The van der Waals surface area contributed by atoms with E-state index in [1.54, 1.807) is 13.4 Å². The molecular formula is C21H27N5O. The van der Waals surface area contributed by atoms with Gasteiger partial charge in [-0.15, -0.1) is 0 Å². The largest absolute Gasteiger partial charge is 0.497 e. The average molecular weight is 365 g/mol. The zero-order valence-corrected chi connectivity index (χ0v) is 15.7. The maximum atomic E-state index is 6.45. The molecule has 4 fully saturated rings. The Labute approximate surface area is 159 Å². The Kier molecular flexibility index (Phi) is 3.88. The molecule has 0 spiro atoms. The second-order valence-electron chi connectivity index (χ2n) is 8.66. The zero-order chi connectivity index (χ0) is 18.4. The molecule has 4 aliphatic rings. The molecule has 4 bridgehead atoms. The summed E-state index contributed by atoms with van der Waals surface area (Å²) >= 11 is 0. The van der Waals surface area contributed by atoms with Gasteiger partial charge >= 0.3 is 0 Å². The lowest BCUT2D eigenvalue weighted by Gasteiger charge is -2.57. The van der Waals surface area contributed by atoms with Gasteiger partial charge in [0, 0.05) is 17.3 Å². The molecule has 0 saturated heterocycles. The summed E-state index contributed by atoms with van der Waals surface area (Å²) in [5, 5.41) is 7.06. The van der Waals surface area contributed by atoms with Crippen molar-refractivity contribution in [1.29, 1.82) is 0 Å². The van der Waals surface area contributed by atoms with Crippen LogP contribution in [0.4, 0.5) is 23.0 Å². The van der Waals surface area contributed by atoms with Crippen molar-refractivity contribution in [2.24, 2.45) is 17.8 Å². The number of aromatic nitrogens is 2. The zero-order valence-electron chi connectivity index (χ0n) is 15.7.